The van der Waals surface area contributed by atoms with Crippen molar-refractivity contribution in [2.24, 2.45) is 0 Å². The molecule has 2 aromatic carbocycles. The minimum absolute atomic E-state index is 0.152. The first kappa shape index (κ1) is 27.0. The van der Waals surface area contributed by atoms with E-state index in [1.165, 1.54) is 33.6 Å². The first-order valence-electron chi connectivity index (χ1n) is 13.5. The number of hydrogen-bond donors (Lipinski definition) is 0. The number of hydrogen-bond acceptors (Lipinski definition) is 2. The molecule has 5 heteroatoms. The van der Waals surface area contributed by atoms with Crippen molar-refractivity contribution in [2.45, 2.75) is 60.6 Å². The van der Waals surface area contributed by atoms with Crippen molar-refractivity contribution < 1.29 is 17.9 Å². The van der Waals surface area contributed by atoms with Crippen LogP contribution in [0.1, 0.15) is 82.9 Å². The molecule has 0 bridgehead atoms. The standard InChI is InChI=1S/2C15H20N.2ClH.Zr/c2*1-3-10-16(11-4-2)15-9-8-13-6-5-7-14(13)12-15;;;/h2*5-9,12H,3-4,10-11H2,1-2H3;2*1H;/q;;;;+2/p-2. The second-order valence-electron chi connectivity index (χ2n) is 9.95. The van der Waals surface area contributed by atoms with Crippen LogP contribution in [0.4, 0.5) is 11.4 Å². The number of benzene rings is 2. The van der Waals surface area contributed by atoms with E-state index in [2.05, 4.69) is 98.2 Å². The van der Waals surface area contributed by atoms with Crippen LogP contribution in [-0.2, 0) is 17.9 Å². The molecule has 0 fully saturated rings. The van der Waals surface area contributed by atoms with Crippen LogP contribution in [0.2, 0.25) is 0 Å². The predicted molar refractivity (Wildman–Crippen MR) is 154 cm³/mol. The SMILES string of the molecule is CCCN(CCC)c1ccc2c(c1)[CH]([Zr]([Cl])([Cl])[CH]1C=Cc3ccc(N(CCC)CCC)cc31)C=C2. The number of halogens is 2. The molecule has 2 aliphatic rings. The number of rotatable bonds is 12. The van der Waals surface area contributed by atoms with Gasteiger partial charge in [-0.1, -0.05) is 0 Å². The quantitative estimate of drug-likeness (QED) is 0.243. The zero-order valence-electron chi connectivity index (χ0n) is 21.7. The summed E-state index contributed by atoms with van der Waals surface area (Å²) in [6, 6.07) is 13.8. The third-order valence-corrected chi connectivity index (χ3v) is 19.4. The van der Waals surface area contributed by atoms with Gasteiger partial charge in [0.05, 0.1) is 0 Å². The van der Waals surface area contributed by atoms with Crippen LogP contribution >= 0.6 is 17.0 Å². The summed E-state index contributed by atoms with van der Waals surface area (Å²) < 4.78 is 0.304. The molecule has 188 valence electrons. The van der Waals surface area contributed by atoms with Gasteiger partial charge in [0, 0.05) is 0 Å². The molecule has 2 aliphatic carbocycles. The maximum absolute atomic E-state index is 7.56. The van der Waals surface area contributed by atoms with Crippen LogP contribution in [-0.4, -0.2) is 26.2 Å². The molecule has 0 amide bonds. The van der Waals surface area contributed by atoms with Gasteiger partial charge in [-0.3, -0.25) is 0 Å². The van der Waals surface area contributed by atoms with Crippen LogP contribution < -0.4 is 9.80 Å². The Morgan fingerprint density at radius 2 is 1.00 bits per heavy atom. The van der Waals surface area contributed by atoms with E-state index >= 15 is 0 Å². The third kappa shape index (κ3) is 5.63. The summed E-state index contributed by atoms with van der Waals surface area (Å²) in [5.74, 6) is 0. The van der Waals surface area contributed by atoms with E-state index in [1.54, 1.807) is 0 Å². The Morgan fingerprint density at radius 3 is 1.34 bits per heavy atom. The van der Waals surface area contributed by atoms with Crippen molar-refractivity contribution in [3.05, 3.63) is 70.8 Å². The van der Waals surface area contributed by atoms with E-state index in [0.717, 1.165) is 51.9 Å². The van der Waals surface area contributed by atoms with E-state index in [1.807, 2.05) is 0 Å². The monoisotopic (exact) mass is 588 g/mol. The average molecular weight is 591 g/mol. The minimum atomic E-state index is -3.73. The van der Waals surface area contributed by atoms with Crippen molar-refractivity contribution in [1.29, 1.82) is 0 Å². The summed E-state index contributed by atoms with van der Waals surface area (Å²) in [6.07, 6.45) is 13.7. The zero-order valence-corrected chi connectivity index (χ0v) is 25.7. The Bertz CT molecular complexity index is 983. The summed E-state index contributed by atoms with van der Waals surface area (Å²) in [6.45, 7) is 13.3. The Labute approximate surface area is 224 Å². The summed E-state index contributed by atoms with van der Waals surface area (Å²) in [7, 11) is 15.1. The molecule has 0 heterocycles. The molecule has 0 N–H and O–H groups in total. The van der Waals surface area contributed by atoms with Crippen molar-refractivity contribution in [3.8, 4) is 0 Å². The molecule has 35 heavy (non-hydrogen) atoms. The van der Waals surface area contributed by atoms with E-state index in [4.69, 9.17) is 17.0 Å². The Kier molecular flexibility index (Phi) is 9.28. The molecule has 2 atom stereocenters. The molecule has 0 aliphatic heterocycles. The fraction of sp³-hybridized carbons (Fsp3) is 0.467. The third-order valence-electron chi connectivity index (χ3n) is 7.28. The number of anilines is 2. The van der Waals surface area contributed by atoms with Crippen molar-refractivity contribution in [2.75, 3.05) is 36.0 Å². The van der Waals surface area contributed by atoms with Gasteiger partial charge in [0.2, 0.25) is 0 Å². The Morgan fingerprint density at radius 1 is 0.629 bits per heavy atom. The summed E-state index contributed by atoms with van der Waals surface area (Å²) >= 11 is -3.73. The maximum atomic E-state index is 7.56. The van der Waals surface area contributed by atoms with Crippen LogP contribution in [0.15, 0.2) is 48.6 Å². The first-order valence-corrected chi connectivity index (χ1v) is 22.6. The van der Waals surface area contributed by atoms with E-state index < -0.39 is 17.9 Å². The van der Waals surface area contributed by atoms with Gasteiger partial charge in [-0.05, 0) is 0 Å². The van der Waals surface area contributed by atoms with Crippen LogP contribution in [0.3, 0.4) is 0 Å². The van der Waals surface area contributed by atoms with Gasteiger partial charge in [0.15, 0.2) is 0 Å². The summed E-state index contributed by atoms with van der Waals surface area (Å²) in [5, 5.41) is 0. The van der Waals surface area contributed by atoms with Crippen molar-refractivity contribution in [1.82, 2.24) is 0 Å². The van der Waals surface area contributed by atoms with E-state index in [-0.39, 0.29) is 7.25 Å². The van der Waals surface area contributed by atoms with Crippen LogP contribution in [0.5, 0.6) is 0 Å². The normalized spacial score (nSPS) is 18.1. The molecule has 4 rings (SSSR count). The van der Waals surface area contributed by atoms with Gasteiger partial charge in [-0.15, -0.1) is 0 Å². The first-order chi connectivity index (χ1) is 16.9. The molecule has 0 spiro atoms. The second-order valence-corrected chi connectivity index (χ2v) is 24.9. The number of allylic oxidation sites excluding steroid dienone is 2. The van der Waals surface area contributed by atoms with Gasteiger partial charge >= 0.3 is 226 Å². The molecular formula is C30H40Cl2N2Zr. The Hall–Kier alpha value is -1.02. The van der Waals surface area contributed by atoms with Crippen molar-refractivity contribution in [3.63, 3.8) is 0 Å². The molecule has 0 saturated carbocycles. The van der Waals surface area contributed by atoms with Crippen molar-refractivity contribution >= 4 is 40.6 Å². The fourth-order valence-corrected chi connectivity index (χ4v) is 16.1. The van der Waals surface area contributed by atoms with Crippen LogP contribution in [0, 0.1) is 0 Å². The average Bonchev–Trinajstić information content (AvgIpc) is 3.48. The fourth-order valence-electron chi connectivity index (χ4n) is 5.65. The molecule has 2 nitrogen and oxygen atoms in total. The van der Waals surface area contributed by atoms with Gasteiger partial charge in [0.1, 0.15) is 0 Å². The molecule has 0 aromatic heterocycles. The van der Waals surface area contributed by atoms with Gasteiger partial charge in [0.25, 0.3) is 0 Å². The van der Waals surface area contributed by atoms with Gasteiger partial charge < -0.3 is 0 Å². The van der Waals surface area contributed by atoms with E-state index in [9.17, 15) is 0 Å². The molecule has 2 unspecified atom stereocenters. The summed E-state index contributed by atoms with van der Waals surface area (Å²) in [4.78, 5) is 5.00. The zero-order chi connectivity index (χ0) is 25.0. The molecular weight excluding hydrogens is 550 g/mol. The van der Waals surface area contributed by atoms with E-state index in [0.29, 0.717) is 0 Å². The molecule has 0 saturated heterocycles. The van der Waals surface area contributed by atoms with Gasteiger partial charge in [-0.25, -0.2) is 0 Å². The van der Waals surface area contributed by atoms with Gasteiger partial charge in [-0.2, -0.15) is 0 Å². The van der Waals surface area contributed by atoms with Crippen LogP contribution in [0.25, 0.3) is 12.2 Å². The number of nitrogens with zero attached hydrogens (tertiary/aromatic N) is 2. The Balaban J connectivity index is 1.66. The molecule has 2 aromatic rings. The predicted octanol–water partition coefficient (Wildman–Crippen LogP) is 9.24. The summed E-state index contributed by atoms with van der Waals surface area (Å²) in [5.41, 5.74) is 7.82. The number of fused-ring (bicyclic) bond motifs is 2. The second kappa shape index (κ2) is 12.0. The molecule has 0 radical (unpaired) electrons. The topological polar surface area (TPSA) is 6.48 Å².